The molecule has 0 spiro atoms. The lowest BCUT2D eigenvalue weighted by atomic mass is 10.1. The zero-order valence-corrected chi connectivity index (χ0v) is 14.7. The van der Waals surface area contributed by atoms with Crippen LogP contribution in [-0.4, -0.2) is 11.6 Å². The van der Waals surface area contributed by atoms with Crippen LogP contribution in [0.1, 0.15) is 6.92 Å². The van der Waals surface area contributed by atoms with E-state index in [4.69, 9.17) is 0 Å². The van der Waals surface area contributed by atoms with E-state index in [1.165, 1.54) is 33.5 Å². The van der Waals surface area contributed by atoms with Crippen LogP contribution in [0.4, 0.5) is 11.4 Å². The number of fused-ring (bicyclic) bond motifs is 1. The third-order valence-corrected chi connectivity index (χ3v) is 4.79. The number of aromatic nitrogens is 1. The van der Waals surface area contributed by atoms with E-state index in [0.717, 1.165) is 6.54 Å². The van der Waals surface area contributed by atoms with E-state index >= 15 is 0 Å². The molecule has 0 saturated carbocycles. The molecule has 2 nitrogen and oxygen atoms in total. The van der Waals surface area contributed by atoms with Gasteiger partial charge in [0.1, 0.15) is 0 Å². The molecule has 0 aliphatic rings. The van der Waals surface area contributed by atoms with E-state index in [0.29, 0.717) is 0 Å². The molecule has 4 aromatic rings. The van der Waals surface area contributed by atoms with Crippen LogP contribution in [0.25, 0.3) is 22.2 Å². The molecule has 25 heavy (non-hydrogen) atoms. The van der Waals surface area contributed by atoms with Crippen molar-refractivity contribution in [3.63, 3.8) is 0 Å². The van der Waals surface area contributed by atoms with Crippen LogP contribution < -0.4 is 4.90 Å². The molecule has 0 aliphatic carbocycles. The van der Waals surface area contributed by atoms with Gasteiger partial charge in [-0.1, -0.05) is 66.7 Å². The van der Waals surface area contributed by atoms with Gasteiger partial charge in [-0.25, -0.2) is 0 Å². The zero-order chi connectivity index (χ0) is 17.2. The Hall–Kier alpha value is -3.00. The van der Waals surface area contributed by atoms with Crippen LogP contribution in [-0.2, 0) is 6.54 Å². The van der Waals surface area contributed by atoms with Crippen molar-refractivity contribution in [1.82, 2.24) is 4.57 Å². The minimum atomic E-state index is 0.938. The van der Waals surface area contributed by atoms with Crippen molar-refractivity contribution in [2.75, 3.05) is 11.9 Å². The SMILES string of the molecule is CCn1c(-c2ccccc2)c(N(C)c2ccccc2)c2ccccc21. The van der Waals surface area contributed by atoms with Gasteiger partial charge in [0.25, 0.3) is 0 Å². The molecule has 0 bridgehead atoms. The predicted molar refractivity (Wildman–Crippen MR) is 108 cm³/mol. The molecule has 0 fully saturated rings. The first-order valence-electron chi connectivity index (χ1n) is 8.76. The van der Waals surface area contributed by atoms with Crippen molar-refractivity contribution in [3.8, 4) is 11.3 Å². The van der Waals surface area contributed by atoms with Crippen LogP contribution in [0.15, 0.2) is 84.9 Å². The van der Waals surface area contributed by atoms with Crippen molar-refractivity contribution in [3.05, 3.63) is 84.9 Å². The van der Waals surface area contributed by atoms with E-state index in [2.05, 4.69) is 108 Å². The zero-order valence-electron chi connectivity index (χ0n) is 14.7. The highest BCUT2D eigenvalue weighted by atomic mass is 15.1. The molecular formula is C23H22N2. The van der Waals surface area contributed by atoms with E-state index < -0.39 is 0 Å². The van der Waals surface area contributed by atoms with Gasteiger partial charge >= 0.3 is 0 Å². The van der Waals surface area contributed by atoms with Crippen LogP contribution in [0, 0.1) is 0 Å². The fourth-order valence-electron chi connectivity index (χ4n) is 3.62. The van der Waals surface area contributed by atoms with Gasteiger partial charge in [0.15, 0.2) is 0 Å². The van der Waals surface area contributed by atoms with Crippen molar-refractivity contribution >= 4 is 22.3 Å². The molecule has 1 heterocycles. The average Bonchev–Trinajstić information content (AvgIpc) is 3.03. The summed E-state index contributed by atoms with van der Waals surface area (Å²) in [5.74, 6) is 0. The molecule has 0 amide bonds. The largest absolute Gasteiger partial charge is 0.342 e. The summed E-state index contributed by atoms with van der Waals surface area (Å²) in [6, 6.07) is 29.9. The van der Waals surface area contributed by atoms with Crippen molar-refractivity contribution < 1.29 is 0 Å². The highest BCUT2D eigenvalue weighted by Crippen LogP contribution is 2.42. The topological polar surface area (TPSA) is 8.17 Å². The van der Waals surface area contributed by atoms with Crippen molar-refractivity contribution in [2.24, 2.45) is 0 Å². The fraction of sp³-hybridized carbons (Fsp3) is 0.130. The third kappa shape index (κ3) is 2.60. The van der Waals surface area contributed by atoms with Gasteiger partial charge in [0, 0.05) is 30.2 Å². The summed E-state index contributed by atoms with van der Waals surface area (Å²) >= 11 is 0. The molecule has 0 radical (unpaired) electrons. The highest BCUT2D eigenvalue weighted by Gasteiger charge is 2.21. The average molecular weight is 326 g/mol. The van der Waals surface area contributed by atoms with Crippen LogP contribution in [0.5, 0.6) is 0 Å². The van der Waals surface area contributed by atoms with Crippen LogP contribution in [0.3, 0.4) is 0 Å². The lowest BCUT2D eigenvalue weighted by molar-refractivity contribution is 0.805. The number of para-hydroxylation sites is 2. The quantitative estimate of drug-likeness (QED) is 0.440. The van der Waals surface area contributed by atoms with Gasteiger partial charge in [-0.3, -0.25) is 0 Å². The van der Waals surface area contributed by atoms with E-state index in [1.54, 1.807) is 0 Å². The highest BCUT2D eigenvalue weighted by molar-refractivity contribution is 6.04. The Morgan fingerprint density at radius 2 is 1.36 bits per heavy atom. The monoisotopic (exact) mass is 326 g/mol. The number of aryl methyl sites for hydroxylation is 1. The molecule has 1 aromatic heterocycles. The van der Waals surface area contributed by atoms with Crippen LogP contribution in [0.2, 0.25) is 0 Å². The maximum absolute atomic E-state index is 2.42. The van der Waals surface area contributed by atoms with Gasteiger partial charge in [-0.05, 0) is 25.1 Å². The molecule has 2 heteroatoms. The Kier molecular flexibility index (Phi) is 4.02. The second-order valence-corrected chi connectivity index (χ2v) is 6.22. The first-order chi connectivity index (χ1) is 12.3. The molecule has 0 N–H and O–H groups in total. The van der Waals surface area contributed by atoms with Crippen molar-refractivity contribution in [2.45, 2.75) is 13.5 Å². The summed E-state index contributed by atoms with van der Waals surface area (Å²) in [5.41, 5.74) is 6.25. The maximum Gasteiger partial charge on any atom is 0.0750 e. The summed E-state index contributed by atoms with van der Waals surface area (Å²) in [6.07, 6.45) is 0. The summed E-state index contributed by atoms with van der Waals surface area (Å²) in [5, 5.41) is 1.29. The molecule has 0 unspecified atom stereocenters. The number of nitrogens with zero attached hydrogens (tertiary/aromatic N) is 2. The molecule has 3 aromatic carbocycles. The summed E-state index contributed by atoms with van der Waals surface area (Å²) in [4.78, 5) is 2.30. The lowest BCUT2D eigenvalue weighted by Gasteiger charge is -2.22. The minimum absolute atomic E-state index is 0.938. The minimum Gasteiger partial charge on any atom is -0.342 e. The second kappa shape index (κ2) is 6.48. The second-order valence-electron chi connectivity index (χ2n) is 6.22. The number of benzene rings is 3. The predicted octanol–water partition coefficient (Wildman–Crippen LogP) is 6.10. The molecular weight excluding hydrogens is 304 g/mol. The van der Waals surface area contributed by atoms with Crippen molar-refractivity contribution in [1.29, 1.82) is 0 Å². The molecule has 0 saturated heterocycles. The van der Waals surface area contributed by atoms with E-state index in [9.17, 15) is 0 Å². The standard InChI is InChI=1S/C23H22N2/c1-3-25-21-17-11-10-16-20(21)23(22(25)18-12-6-4-7-13-18)24(2)19-14-8-5-9-15-19/h4-17H,3H2,1-2H3. The number of hydrogen-bond donors (Lipinski definition) is 0. The van der Waals surface area contributed by atoms with Gasteiger partial charge in [0.05, 0.1) is 16.9 Å². The Morgan fingerprint density at radius 3 is 2.04 bits per heavy atom. The first kappa shape index (κ1) is 15.5. The van der Waals surface area contributed by atoms with Gasteiger partial charge in [-0.2, -0.15) is 0 Å². The Bertz CT molecular complexity index is 985. The Morgan fingerprint density at radius 1 is 0.760 bits per heavy atom. The molecule has 0 atom stereocenters. The summed E-state index contributed by atoms with van der Waals surface area (Å²) in [7, 11) is 2.16. The molecule has 124 valence electrons. The summed E-state index contributed by atoms with van der Waals surface area (Å²) < 4.78 is 2.42. The van der Waals surface area contributed by atoms with Gasteiger partial charge in [-0.15, -0.1) is 0 Å². The van der Waals surface area contributed by atoms with Gasteiger partial charge < -0.3 is 9.47 Å². The molecule has 0 aliphatic heterocycles. The fourth-order valence-corrected chi connectivity index (χ4v) is 3.62. The van der Waals surface area contributed by atoms with E-state index in [1.807, 2.05) is 0 Å². The Balaban J connectivity index is 2.05. The number of hydrogen-bond acceptors (Lipinski definition) is 1. The Labute approximate surface area is 149 Å². The van der Waals surface area contributed by atoms with Gasteiger partial charge in [0.2, 0.25) is 0 Å². The first-order valence-corrected chi connectivity index (χ1v) is 8.76. The number of anilines is 2. The number of rotatable bonds is 4. The van der Waals surface area contributed by atoms with Crippen LogP contribution >= 0.6 is 0 Å². The summed E-state index contributed by atoms with van der Waals surface area (Å²) in [6.45, 7) is 3.15. The lowest BCUT2D eigenvalue weighted by Crippen LogP contribution is -2.10. The van der Waals surface area contributed by atoms with E-state index in [-0.39, 0.29) is 0 Å². The third-order valence-electron chi connectivity index (χ3n) is 4.79. The molecule has 4 rings (SSSR count). The maximum atomic E-state index is 2.42. The smallest absolute Gasteiger partial charge is 0.0750 e. The normalized spacial score (nSPS) is 11.0.